The van der Waals surface area contributed by atoms with Crippen LogP contribution < -0.4 is 14.4 Å². The Bertz CT molecular complexity index is 2010. The van der Waals surface area contributed by atoms with Gasteiger partial charge in [-0.15, -0.1) is 10.2 Å². The molecule has 48 heavy (non-hydrogen) atoms. The van der Waals surface area contributed by atoms with Crippen LogP contribution in [0.3, 0.4) is 0 Å². The highest BCUT2D eigenvalue weighted by Gasteiger charge is 2.48. The first-order valence-electron chi connectivity index (χ1n) is 15.0. The van der Waals surface area contributed by atoms with Gasteiger partial charge in [-0.2, -0.15) is 0 Å². The number of anilines is 1. The molecule has 244 valence electrons. The summed E-state index contributed by atoms with van der Waals surface area (Å²) in [6.45, 7) is 4.43. The minimum absolute atomic E-state index is 0.104. The second-order valence-electron chi connectivity index (χ2n) is 10.8. The molecule has 1 unspecified atom stereocenters. The summed E-state index contributed by atoms with van der Waals surface area (Å²) in [4.78, 5) is 28.6. The van der Waals surface area contributed by atoms with Gasteiger partial charge in [0.2, 0.25) is 5.13 Å². The maximum absolute atomic E-state index is 13.7. The fourth-order valence-electron chi connectivity index (χ4n) is 5.23. The highest BCUT2D eigenvalue weighted by atomic mass is 35.5. The van der Waals surface area contributed by atoms with Crippen molar-refractivity contribution in [1.29, 1.82) is 0 Å². The molecule has 6 rings (SSSR count). The van der Waals surface area contributed by atoms with Gasteiger partial charge in [0.1, 0.15) is 18.1 Å². The molecular weight excluding hydrogens is 670 g/mol. The molecule has 1 amide bonds. The third-order valence-corrected chi connectivity index (χ3v) is 10.2. The van der Waals surface area contributed by atoms with E-state index in [1.54, 1.807) is 43.3 Å². The Labute approximate surface area is 290 Å². The number of aliphatic hydroxyl groups is 1. The quantitative estimate of drug-likeness (QED) is 0.0463. The number of ketones is 1. The van der Waals surface area contributed by atoms with Crippen molar-refractivity contribution < 1.29 is 29.3 Å². The number of carbonyl (C=O) groups excluding carboxylic acids is 2. The average molecular weight is 700 g/mol. The predicted molar refractivity (Wildman–Crippen MR) is 187 cm³/mol. The molecule has 0 aliphatic carbocycles. The minimum Gasteiger partial charge on any atom is -0.507 e. The van der Waals surface area contributed by atoms with Crippen LogP contribution in [0.1, 0.15) is 40.8 Å². The zero-order valence-electron chi connectivity index (χ0n) is 25.9. The Morgan fingerprint density at radius 2 is 1.69 bits per heavy atom. The number of benzene rings is 4. The first-order chi connectivity index (χ1) is 23.2. The van der Waals surface area contributed by atoms with Gasteiger partial charge in [0.25, 0.3) is 5.78 Å². The lowest BCUT2D eigenvalue weighted by atomic mass is 9.95. The number of amides is 1. The van der Waals surface area contributed by atoms with E-state index in [1.165, 1.54) is 22.7 Å². The van der Waals surface area contributed by atoms with Crippen molar-refractivity contribution in [3.63, 3.8) is 0 Å². The van der Waals surface area contributed by atoms with E-state index in [9.17, 15) is 19.8 Å². The van der Waals surface area contributed by atoms with Crippen molar-refractivity contribution in [3.8, 4) is 17.2 Å². The summed E-state index contributed by atoms with van der Waals surface area (Å²) in [6, 6.07) is 25.5. The van der Waals surface area contributed by atoms with E-state index in [1.807, 2.05) is 55.5 Å². The van der Waals surface area contributed by atoms with Gasteiger partial charge < -0.3 is 19.7 Å². The molecule has 2 N–H and O–H groups in total. The SMILES string of the molecule is CCOc1cc(C2C(=C(O)c3ccc(OCc4ccccc4C)cc3)C(=O)C(=O)N2c2nnc(SCc3ccccc3Cl)s2)ccc1O. The molecule has 12 heteroatoms. The molecule has 1 saturated heterocycles. The number of rotatable bonds is 11. The first-order valence-corrected chi connectivity index (χ1v) is 17.2. The van der Waals surface area contributed by atoms with Gasteiger partial charge >= 0.3 is 5.91 Å². The van der Waals surface area contributed by atoms with Gasteiger partial charge in [0.05, 0.1) is 18.2 Å². The third-order valence-electron chi connectivity index (χ3n) is 7.74. The molecule has 1 fully saturated rings. The molecule has 1 aliphatic heterocycles. The molecule has 4 aromatic carbocycles. The molecule has 0 radical (unpaired) electrons. The van der Waals surface area contributed by atoms with E-state index in [0.717, 1.165) is 28.0 Å². The van der Waals surface area contributed by atoms with Crippen LogP contribution in [0, 0.1) is 6.92 Å². The summed E-state index contributed by atoms with van der Waals surface area (Å²) in [7, 11) is 0. The standard InChI is InChI=1S/C36H30ClN3O6S2/c1-3-45-29-18-23(14-17-28(29)41)31-30(32(42)22-12-15-26(16-13-22)46-19-24-9-5-4-8-21(24)2)33(43)34(44)40(31)35-38-39-36(48-35)47-20-25-10-6-7-11-27(25)37/h4-18,31,41-42H,3,19-20H2,1-2H3. The van der Waals surface area contributed by atoms with Gasteiger partial charge in [-0.3, -0.25) is 14.5 Å². The van der Waals surface area contributed by atoms with Crippen molar-refractivity contribution in [3.05, 3.63) is 129 Å². The maximum Gasteiger partial charge on any atom is 0.301 e. The molecule has 1 aliphatic rings. The molecule has 1 atom stereocenters. The number of hydrogen-bond acceptors (Lipinski definition) is 10. The lowest BCUT2D eigenvalue weighted by Gasteiger charge is -2.23. The van der Waals surface area contributed by atoms with E-state index in [-0.39, 0.29) is 34.6 Å². The van der Waals surface area contributed by atoms with E-state index in [4.69, 9.17) is 21.1 Å². The normalized spacial score (nSPS) is 15.6. The first kappa shape index (κ1) is 33.1. The van der Waals surface area contributed by atoms with E-state index < -0.39 is 17.7 Å². The smallest absolute Gasteiger partial charge is 0.301 e. The van der Waals surface area contributed by atoms with Crippen molar-refractivity contribution in [1.82, 2.24) is 10.2 Å². The summed E-state index contributed by atoms with van der Waals surface area (Å²) in [6.07, 6.45) is 0. The van der Waals surface area contributed by atoms with Crippen LogP contribution in [0.5, 0.6) is 17.2 Å². The number of ether oxygens (including phenoxy) is 2. The summed E-state index contributed by atoms with van der Waals surface area (Å²) >= 11 is 8.86. The minimum atomic E-state index is -1.09. The number of phenolic OH excluding ortho intramolecular Hbond substituents is 1. The van der Waals surface area contributed by atoms with Gasteiger partial charge in [0, 0.05) is 16.3 Å². The fourth-order valence-corrected chi connectivity index (χ4v) is 7.38. The summed E-state index contributed by atoms with van der Waals surface area (Å²) in [5, 5.41) is 31.4. The Morgan fingerprint density at radius 3 is 2.42 bits per heavy atom. The number of thioether (sulfide) groups is 1. The third kappa shape index (κ3) is 6.89. The number of carbonyl (C=O) groups is 2. The molecule has 2 heterocycles. The van der Waals surface area contributed by atoms with Crippen LogP contribution in [0.25, 0.3) is 5.76 Å². The van der Waals surface area contributed by atoms with Gasteiger partial charge in [-0.25, -0.2) is 0 Å². The Morgan fingerprint density at radius 1 is 0.958 bits per heavy atom. The van der Waals surface area contributed by atoms with E-state index >= 15 is 0 Å². The molecular formula is C36H30ClN3O6S2. The highest BCUT2D eigenvalue weighted by Crippen LogP contribution is 2.45. The summed E-state index contributed by atoms with van der Waals surface area (Å²) in [5.74, 6) is -0.959. The second kappa shape index (κ2) is 14.5. The number of aromatic nitrogens is 2. The molecule has 0 saturated carbocycles. The van der Waals surface area contributed by atoms with Gasteiger partial charge in [-0.1, -0.05) is 83.2 Å². The zero-order chi connectivity index (χ0) is 33.8. The van der Waals surface area contributed by atoms with E-state index in [2.05, 4.69) is 10.2 Å². The Hall–Kier alpha value is -4.84. The predicted octanol–water partition coefficient (Wildman–Crippen LogP) is 8.10. The number of nitrogens with zero attached hydrogens (tertiary/aromatic N) is 3. The molecule has 0 bridgehead atoms. The van der Waals surface area contributed by atoms with Crippen molar-refractivity contribution >= 4 is 57.3 Å². The number of Topliss-reactive ketones (excluding diaryl/α,β-unsaturated/α-hetero) is 1. The van der Waals surface area contributed by atoms with Crippen LogP contribution in [0.2, 0.25) is 5.02 Å². The Balaban J connectivity index is 1.34. The molecule has 1 aromatic heterocycles. The fraction of sp³-hybridized carbons (Fsp3) is 0.167. The number of hydrogen-bond donors (Lipinski definition) is 2. The van der Waals surface area contributed by atoms with Crippen LogP contribution in [0.15, 0.2) is 101 Å². The van der Waals surface area contributed by atoms with Gasteiger partial charge in [0.15, 0.2) is 15.8 Å². The summed E-state index contributed by atoms with van der Waals surface area (Å²) in [5.41, 5.74) is 3.68. The van der Waals surface area contributed by atoms with Crippen LogP contribution in [-0.2, 0) is 21.9 Å². The summed E-state index contributed by atoms with van der Waals surface area (Å²) < 4.78 is 12.1. The van der Waals surface area contributed by atoms with Gasteiger partial charge in [-0.05, 0) is 78.6 Å². The lowest BCUT2D eigenvalue weighted by molar-refractivity contribution is -0.132. The van der Waals surface area contributed by atoms with Crippen LogP contribution in [-0.4, -0.2) is 38.7 Å². The maximum atomic E-state index is 13.7. The number of aryl methyl sites for hydroxylation is 1. The number of phenols is 1. The number of aromatic hydroxyl groups is 1. The van der Waals surface area contributed by atoms with Crippen molar-refractivity contribution in [2.75, 3.05) is 11.5 Å². The number of aliphatic hydroxyl groups excluding tert-OH is 1. The largest absolute Gasteiger partial charge is 0.507 e. The van der Waals surface area contributed by atoms with Crippen molar-refractivity contribution in [2.24, 2.45) is 0 Å². The number of halogens is 1. The zero-order valence-corrected chi connectivity index (χ0v) is 28.3. The second-order valence-corrected chi connectivity index (χ2v) is 13.4. The molecule has 5 aromatic rings. The molecule has 0 spiro atoms. The monoisotopic (exact) mass is 699 g/mol. The molecule has 9 nitrogen and oxygen atoms in total. The lowest BCUT2D eigenvalue weighted by Crippen LogP contribution is -2.29. The Kier molecular flexibility index (Phi) is 10.00. The highest BCUT2D eigenvalue weighted by molar-refractivity contribution is 8.00. The van der Waals surface area contributed by atoms with Crippen LogP contribution in [0.4, 0.5) is 5.13 Å². The average Bonchev–Trinajstić information content (AvgIpc) is 3.66. The van der Waals surface area contributed by atoms with Crippen LogP contribution >= 0.6 is 34.7 Å². The topological polar surface area (TPSA) is 122 Å². The van der Waals surface area contributed by atoms with Crippen molar-refractivity contribution in [2.45, 2.75) is 36.6 Å². The van der Waals surface area contributed by atoms with E-state index in [0.29, 0.717) is 38.6 Å².